The third kappa shape index (κ3) is 3.37. The molecule has 3 rings (SSSR count). The molecule has 2 saturated heterocycles. The number of hydrogen-bond acceptors (Lipinski definition) is 3. The molecule has 3 fully saturated rings. The van der Waals surface area contributed by atoms with Gasteiger partial charge in [-0.15, -0.1) is 0 Å². The van der Waals surface area contributed by atoms with E-state index in [4.69, 9.17) is 9.47 Å². The molecule has 0 bridgehead atoms. The van der Waals surface area contributed by atoms with Gasteiger partial charge in [-0.1, -0.05) is 6.92 Å². The zero-order chi connectivity index (χ0) is 13.8. The molecule has 0 radical (unpaired) electrons. The van der Waals surface area contributed by atoms with E-state index in [1.165, 1.54) is 57.8 Å². The van der Waals surface area contributed by atoms with E-state index in [0.717, 1.165) is 25.7 Å². The van der Waals surface area contributed by atoms with E-state index in [2.05, 4.69) is 12.2 Å². The van der Waals surface area contributed by atoms with E-state index in [1.54, 1.807) is 0 Å². The van der Waals surface area contributed by atoms with Crippen LogP contribution < -0.4 is 5.32 Å². The van der Waals surface area contributed by atoms with Crippen LogP contribution in [0.1, 0.15) is 64.7 Å². The predicted octanol–water partition coefficient (Wildman–Crippen LogP) is 3.27. The molecule has 0 aromatic carbocycles. The standard InChI is InChI=1S/C17H31NO2/c1-2-18-16(12-15-6-3-4-10-19-15)14-7-11-20-17(13-14)8-5-9-17/h14-16,18H,2-13H2,1H3. The van der Waals surface area contributed by atoms with Gasteiger partial charge in [-0.2, -0.15) is 0 Å². The average molecular weight is 281 g/mol. The molecule has 116 valence electrons. The van der Waals surface area contributed by atoms with Crippen molar-refractivity contribution in [2.45, 2.75) is 82.5 Å². The fourth-order valence-corrected chi connectivity index (χ4v) is 4.31. The van der Waals surface area contributed by atoms with Crippen molar-refractivity contribution in [1.82, 2.24) is 5.32 Å². The van der Waals surface area contributed by atoms with Gasteiger partial charge in [0.05, 0.1) is 11.7 Å². The van der Waals surface area contributed by atoms with Crippen molar-refractivity contribution in [1.29, 1.82) is 0 Å². The van der Waals surface area contributed by atoms with Crippen LogP contribution in [0, 0.1) is 5.92 Å². The summed E-state index contributed by atoms with van der Waals surface area (Å²) in [5, 5.41) is 3.75. The molecule has 0 aromatic heterocycles. The van der Waals surface area contributed by atoms with Crippen molar-refractivity contribution in [2.24, 2.45) is 5.92 Å². The molecule has 3 atom stereocenters. The minimum atomic E-state index is 0.268. The van der Waals surface area contributed by atoms with Gasteiger partial charge in [-0.05, 0) is 70.3 Å². The Labute approximate surface area is 123 Å². The topological polar surface area (TPSA) is 30.5 Å². The molecule has 1 saturated carbocycles. The molecule has 1 N–H and O–H groups in total. The average Bonchev–Trinajstić information content (AvgIpc) is 2.46. The zero-order valence-corrected chi connectivity index (χ0v) is 13.0. The molecule has 3 heteroatoms. The lowest BCUT2D eigenvalue weighted by molar-refractivity contribution is -0.148. The SMILES string of the molecule is CCNC(CC1CCCCO1)C1CCOC2(CCC2)C1. The van der Waals surface area contributed by atoms with Crippen LogP contribution in [0.5, 0.6) is 0 Å². The highest BCUT2D eigenvalue weighted by Crippen LogP contribution is 2.45. The minimum Gasteiger partial charge on any atom is -0.378 e. The molecule has 0 amide bonds. The lowest BCUT2D eigenvalue weighted by Crippen LogP contribution is -2.51. The van der Waals surface area contributed by atoms with E-state index in [0.29, 0.717) is 12.1 Å². The number of ether oxygens (including phenoxy) is 2. The second-order valence-corrected chi connectivity index (χ2v) is 7.03. The van der Waals surface area contributed by atoms with E-state index >= 15 is 0 Å². The molecular formula is C17H31NO2. The first-order valence-corrected chi connectivity index (χ1v) is 8.80. The largest absolute Gasteiger partial charge is 0.378 e. The van der Waals surface area contributed by atoms with Gasteiger partial charge < -0.3 is 14.8 Å². The van der Waals surface area contributed by atoms with Crippen LogP contribution in [0.25, 0.3) is 0 Å². The summed E-state index contributed by atoms with van der Waals surface area (Å²) in [6.07, 6.45) is 12.0. The lowest BCUT2D eigenvalue weighted by atomic mass is 9.70. The molecular weight excluding hydrogens is 250 g/mol. The first-order valence-electron chi connectivity index (χ1n) is 8.80. The number of hydrogen-bond donors (Lipinski definition) is 1. The normalized spacial score (nSPS) is 34.6. The van der Waals surface area contributed by atoms with Gasteiger partial charge in [0.1, 0.15) is 0 Å². The van der Waals surface area contributed by atoms with Gasteiger partial charge in [0, 0.05) is 19.3 Å². The molecule has 2 heterocycles. The summed E-state index contributed by atoms with van der Waals surface area (Å²) in [6, 6.07) is 0.629. The molecule has 20 heavy (non-hydrogen) atoms. The maximum atomic E-state index is 6.09. The van der Waals surface area contributed by atoms with Crippen LogP contribution >= 0.6 is 0 Å². The maximum Gasteiger partial charge on any atom is 0.0685 e. The second-order valence-electron chi connectivity index (χ2n) is 7.03. The fraction of sp³-hybridized carbons (Fsp3) is 1.00. The quantitative estimate of drug-likeness (QED) is 0.839. The highest BCUT2D eigenvalue weighted by molar-refractivity contribution is 4.97. The lowest BCUT2D eigenvalue weighted by Gasteiger charge is -2.49. The highest BCUT2D eigenvalue weighted by Gasteiger charge is 2.44. The first kappa shape index (κ1) is 14.8. The Hall–Kier alpha value is -0.120. The summed E-state index contributed by atoms with van der Waals surface area (Å²) >= 11 is 0. The Balaban J connectivity index is 1.57. The van der Waals surface area contributed by atoms with E-state index in [-0.39, 0.29) is 5.60 Å². The summed E-state index contributed by atoms with van der Waals surface area (Å²) in [6.45, 7) is 5.24. The molecule has 0 aromatic rings. The van der Waals surface area contributed by atoms with Crippen molar-refractivity contribution in [2.75, 3.05) is 19.8 Å². The second kappa shape index (κ2) is 6.76. The van der Waals surface area contributed by atoms with Crippen molar-refractivity contribution < 1.29 is 9.47 Å². The van der Waals surface area contributed by atoms with Crippen molar-refractivity contribution >= 4 is 0 Å². The summed E-state index contributed by atoms with van der Waals surface area (Å²) < 4.78 is 12.1. The summed E-state index contributed by atoms with van der Waals surface area (Å²) in [5.41, 5.74) is 0.268. The van der Waals surface area contributed by atoms with Crippen LogP contribution in [0.2, 0.25) is 0 Å². The Kier molecular flexibility index (Phi) is 5.00. The highest BCUT2D eigenvalue weighted by atomic mass is 16.5. The van der Waals surface area contributed by atoms with E-state index in [9.17, 15) is 0 Å². The van der Waals surface area contributed by atoms with Gasteiger partial charge >= 0.3 is 0 Å². The van der Waals surface area contributed by atoms with Crippen LogP contribution in [0.15, 0.2) is 0 Å². The van der Waals surface area contributed by atoms with Crippen LogP contribution in [-0.2, 0) is 9.47 Å². The first-order chi connectivity index (χ1) is 9.81. The Morgan fingerprint density at radius 3 is 2.70 bits per heavy atom. The monoisotopic (exact) mass is 281 g/mol. The van der Waals surface area contributed by atoms with Gasteiger partial charge in [0.2, 0.25) is 0 Å². The van der Waals surface area contributed by atoms with E-state index in [1.807, 2.05) is 0 Å². The third-order valence-corrected chi connectivity index (χ3v) is 5.62. The van der Waals surface area contributed by atoms with Crippen LogP contribution in [0.4, 0.5) is 0 Å². The van der Waals surface area contributed by atoms with Crippen molar-refractivity contribution in [3.05, 3.63) is 0 Å². The molecule has 2 aliphatic heterocycles. The fourth-order valence-electron chi connectivity index (χ4n) is 4.31. The minimum absolute atomic E-state index is 0.268. The molecule has 3 aliphatic rings. The summed E-state index contributed by atoms with van der Waals surface area (Å²) in [5.74, 6) is 0.787. The molecule has 1 aliphatic carbocycles. The number of rotatable bonds is 5. The van der Waals surface area contributed by atoms with Gasteiger partial charge in [-0.25, -0.2) is 0 Å². The predicted molar refractivity (Wildman–Crippen MR) is 80.9 cm³/mol. The molecule has 1 spiro atoms. The Morgan fingerprint density at radius 1 is 1.15 bits per heavy atom. The third-order valence-electron chi connectivity index (χ3n) is 5.62. The van der Waals surface area contributed by atoms with Gasteiger partial charge in [0.25, 0.3) is 0 Å². The molecule has 3 unspecified atom stereocenters. The van der Waals surface area contributed by atoms with Gasteiger partial charge in [0.15, 0.2) is 0 Å². The van der Waals surface area contributed by atoms with Crippen LogP contribution in [0.3, 0.4) is 0 Å². The van der Waals surface area contributed by atoms with E-state index < -0.39 is 0 Å². The zero-order valence-electron chi connectivity index (χ0n) is 13.0. The molecule has 3 nitrogen and oxygen atoms in total. The summed E-state index contributed by atoms with van der Waals surface area (Å²) in [4.78, 5) is 0. The number of nitrogens with one attached hydrogen (secondary N) is 1. The maximum absolute atomic E-state index is 6.09. The Morgan fingerprint density at radius 2 is 2.05 bits per heavy atom. The van der Waals surface area contributed by atoms with Crippen molar-refractivity contribution in [3.63, 3.8) is 0 Å². The van der Waals surface area contributed by atoms with Crippen LogP contribution in [-0.4, -0.2) is 37.5 Å². The summed E-state index contributed by atoms with van der Waals surface area (Å²) in [7, 11) is 0. The Bertz CT molecular complexity index is 297. The smallest absolute Gasteiger partial charge is 0.0685 e. The van der Waals surface area contributed by atoms with Gasteiger partial charge in [-0.3, -0.25) is 0 Å². The van der Waals surface area contributed by atoms with Crippen molar-refractivity contribution in [3.8, 4) is 0 Å².